The summed E-state index contributed by atoms with van der Waals surface area (Å²) in [4.78, 5) is 9.25. The number of rotatable bonds is 6. The predicted molar refractivity (Wildman–Crippen MR) is 75.6 cm³/mol. The number of nitrogens with zero attached hydrogens (tertiary/aromatic N) is 2. The van der Waals surface area contributed by atoms with Crippen LogP contribution < -0.4 is 11.3 Å². The van der Waals surface area contributed by atoms with E-state index < -0.39 is 0 Å². The van der Waals surface area contributed by atoms with Crippen LogP contribution in [0.2, 0.25) is 0 Å². The minimum Gasteiger partial charge on any atom is -0.367 e. The maximum absolute atomic E-state index is 6.02. The first-order valence-corrected chi connectivity index (χ1v) is 7.23. The summed E-state index contributed by atoms with van der Waals surface area (Å²) in [6.07, 6.45) is 6.34. The smallest absolute Gasteiger partial charge is 0.162 e. The zero-order valence-electron chi connectivity index (χ0n) is 11.9. The first-order chi connectivity index (χ1) is 9.24. The molecule has 0 saturated heterocycles. The van der Waals surface area contributed by atoms with Gasteiger partial charge in [0.05, 0.1) is 0 Å². The van der Waals surface area contributed by atoms with Gasteiger partial charge in [0.1, 0.15) is 11.4 Å². The van der Waals surface area contributed by atoms with Crippen molar-refractivity contribution in [3.63, 3.8) is 0 Å². The second-order valence-electron chi connectivity index (χ2n) is 5.10. The number of nitrogen functional groups attached to an aromatic ring is 1. The highest BCUT2D eigenvalue weighted by molar-refractivity contribution is 5.35. The summed E-state index contributed by atoms with van der Waals surface area (Å²) in [5.74, 6) is 7.00. The molecule has 0 aliphatic heterocycles. The van der Waals surface area contributed by atoms with Crippen molar-refractivity contribution in [1.29, 1.82) is 0 Å². The number of hydrogen-bond acceptors (Lipinski definition) is 5. The number of aryl methyl sites for hydroxylation is 1. The highest BCUT2D eigenvalue weighted by Crippen LogP contribution is 2.40. The standard InChI is InChI=1S/C14H24N4O/c1-3-7-11-10-12(18-15)17-13(16-11)14(19-4-2)8-5-6-9-14/h10H,3-9,15H2,1-2H3,(H,16,17,18). The van der Waals surface area contributed by atoms with Crippen LogP contribution in [0.15, 0.2) is 6.07 Å². The van der Waals surface area contributed by atoms with Crippen molar-refractivity contribution in [1.82, 2.24) is 9.97 Å². The Morgan fingerprint density at radius 1 is 1.32 bits per heavy atom. The molecule has 1 aliphatic rings. The number of ether oxygens (including phenoxy) is 1. The SMILES string of the molecule is CCCc1cc(NN)nc(C2(OCC)CCCC2)n1. The number of hydrazine groups is 1. The van der Waals surface area contributed by atoms with Gasteiger partial charge in [-0.2, -0.15) is 0 Å². The van der Waals surface area contributed by atoms with Crippen molar-refractivity contribution < 1.29 is 4.74 Å². The molecule has 19 heavy (non-hydrogen) atoms. The molecule has 3 N–H and O–H groups in total. The fourth-order valence-corrected chi connectivity index (χ4v) is 2.81. The molecule has 5 heteroatoms. The van der Waals surface area contributed by atoms with Crippen molar-refractivity contribution in [3.05, 3.63) is 17.6 Å². The maximum atomic E-state index is 6.02. The average Bonchev–Trinajstić information content (AvgIpc) is 2.89. The summed E-state index contributed by atoms with van der Waals surface area (Å²) >= 11 is 0. The van der Waals surface area contributed by atoms with Gasteiger partial charge in [0, 0.05) is 18.4 Å². The predicted octanol–water partition coefficient (Wildman–Crippen LogP) is 2.52. The van der Waals surface area contributed by atoms with Gasteiger partial charge in [-0.15, -0.1) is 0 Å². The number of anilines is 1. The van der Waals surface area contributed by atoms with Gasteiger partial charge in [0.2, 0.25) is 0 Å². The Hall–Kier alpha value is -1.20. The largest absolute Gasteiger partial charge is 0.367 e. The summed E-state index contributed by atoms with van der Waals surface area (Å²) in [7, 11) is 0. The van der Waals surface area contributed by atoms with E-state index >= 15 is 0 Å². The lowest BCUT2D eigenvalue weighted by Gasteiger charge is -2.28. The molecule has 2 rings (SSSR count). The normalized spacial score (nSPS) is 17.6. The fourth-order valence-electron chi connectivity index (χ4n) is 2.81. The molecule has 1 aromatic heterocycles. The molecule has 1 aromatic rings. The van der Waals surface area contributed by atoms with Gasteiger partial charge >= 0.3 is 0 Å². The molecule has 0 radical (unpaired) electrons. The van der Waals surface area contributed by atoms with Crippen molar-refractivity contribution in [2.75, 3.05) is 12.0 Å². The lowest BCUT2D eigenvalue weighted by atomic mass is 10.0. The molecule has 1 aliphatic carbocycles. The van der Waals surface area contributed by atoms with Crippen LogP contribution in [-0.4, -0.2) is 16.6 Å². The third-order valence-corrected chi connectivity index (χ3v) is 3.67. The third-order valence-electron chi connectivity index (χ3n) is 3.67. The van der Waals surface area contributed by atoms with Crippen LogP contribution in [0.25, 0.3) is 0 Å². The van der Waals surface area contributed by atoms with E-state index in [-0.39, 0.29) is 5.60 Å². The Kier molecular flexibility index (Phi) is 4.71. The second kappa shape index (κ2) is 6.30. The number of nitrogens with two attached hydrogens (primary N) is 1. The topological polar surface area (TPSA) is 73.1 Å². The van der Waals surface area contributed by atoms with Gasteiger partial charge in [0.25, 0.3) is 0 Å². The molecule has 1 saturated carbocycles. The van der Waals surface area contributed by atoms with Crippen LogP contribution in [0.3, 0.4) is 0 Å². The van der Waals surface area contributed by atoms with Gasteiger partial charge in [-0.05, 0) is 39.0 Å². The lowest BCUT2D eigenvalue weighted by molar-refractivity contribution is -0.0457. The first-order valence-electron chi connectivity index (χ1n) is 7.23. The second-order valence-corrected chi connectivity index (χ2v) is 5.10. The molecule has 0 aromatic carbocycles. The summed E-state index contributed by atoms with van der Waals surface area (Å²) in [6, 6.07) is 1.92. The number of aromatic nitrogens is 2. The molecule has 0 amide bonds. The summed E-state index contributed by atoms with van der Waals surface area (Å²) in [5.41, 5.74) is 3.37. The third kappa shape index (κ3) is 3.04. The molecule has 106 valence electrons. The van der Waals surface area contributed by atoms with E-state index in [0.717, 1.165) is 37.2 Å². The van der Waals surface area contributed by atoms with Crippen molar-refractivity contribution in [3.8, 4) is 0 Å². The van der Waals surface area contributed by atoms with E-state index in [9.17, 15) is 0 Å². The Balaban J connectivity index is 2.37. The summed E-state index contributed by atoms with van der Waals surface area (Å²) < 4.78 is 6.02. The quantitative estimate of drug-likeness (QED) is 0.610. The van der Waals surface area contributed by atoms with E-state index in [2.05, 4.69) is 17.3 Å². The molecule has 0 bridgehead atoms. The Bertz CT molecular complexity index is 416. The van der Waals surface area contributed by atoms with Crippen molar-refractivity contribution in [2.45, 2.75) is 58.0 Å². The lowest BCUT2D eigenvalue weighted by Crippen LogP contribution is -2.30. The zero-order valence-corrected chi connectivity index (χ0v) is 11.9. The van der Waals surface area contributed by atoms with E-state index in [1.54, 1.807) is 0 Å². The van der Waals surface area contributed by atoms with Crippen LogP contribution >= 0.6 is 0 Å². The van der Waals surface area contributed by atoms with Gasteiger partial charge in [0.15, 0.2) is 5.82 Å². The minimum atomic E-state index is -0.301. The average molecular weight is 264 g/mol. The highest BCUT2D eigenvalue weighted by atomic mass is 16.5. The van der Waals surface area contributed by atoms with Crippen LogP contribution in [0.4, 0.5) is 5.82 Å². The molecule has 0 unspecified atom stereocenters. The Morgan fingerprint density at radius 3 is 2.63 bits per heavy atom. The molecule has 0 spiro atoms. The van der Waals surface area contributed by atoms with Gasteiger partial charge in [-0.25, -0.2) is 15.8 Å². The van der Waals surface area contributed by atoms with Gasteiger partial charge in [-0.3, -0.25) is 0 Å². The van der Waals surface area contributed by atoms with Gasteiger partial charge < -0.3 is 10.2 Å². The maximum Gasteiger partial charge on any atom is 0.162 e. The first kappa shape index (κ1) is 14.2. The van der Waals surface area contributed by atoms with Crippen molar-refractivity contribution in [2.24, 2.45) is 5.84 Å². The van der Waals surface area contributed by atoms with Crippen molar-refractivity contribution >= 4 is 5.82 Å². The number of hydrogen-bond donors (Lipinski definition) is 2. The summed E-state index contributed by atoms with van der Waals surface area (Å²) in [5, 5.41) is 0. The molecule has 0 atom stereocenters. The summed E-state index contributed by atoms with van der Waals surface area (Å²) in [6.45, 7) is 4.86. The monoisotopic (exact) mass is 264 g/mol. The molecule has 1 heterocycles. The van der Waals surface area contributed by atoms with Crippen LogP contribution in [0, 0.1) is 0 Å². The molecule has 5 nitrogen and oxygen atoms in total. The van der Waals surface area contributed by atoms with Gasteiger partial charge in [-0.1, -0.05) is 13.3 Å². The molecular formula is C14H24N4O. The highest BCUT2D eigenvalue weighted by Gasteiger charge is 2.39. The van der Waals surface area contributed by atoms with E-state index in [4.69, 9.17) is 15.6 Å². The molecular weight excluding hydrogens is 240 g/mol. The van der Waals surface area contributed by atoms with E-state index in [1.807, 2.05) is 13.0 Å². The zero-order chi connectivity index (χ0) is 13.7. The Morgan fingerprint density at radius 2 is 2.05 bits per heavy atom. The fraction of sp³-hybridized carbons (Fsp3) is 0.714. The Labute approximate surface area is 114 Å². The molecule has 1 fully saturated rings. The van der Waals surface area contributed by atoms with E-state index in [0.29, 0.717) is 12.4 Å². The van der Waals surface area contributed by atoms with E-state index in [1.165, 1.54) is 12.8 Å². The van der Waals surface area contributed by atoms with Crippen LogP contribution in [0.1, 0.15) is 57.5 Å². The number of nitrogens with one attached hydrogen (secondary N) is 1. The minimum absolute atomic E-state index is 0.301. The van der Waals surface area contributed by atoms with Crippen LogP contribution in [0.5, 0.6) is 0 Å². The van der Waals surface area contributed by atoms with Crippen LogP contribution in [-0.2, 0) is 16.8 Å².